The number of hydrogen-bond donors (Lipinski definition) is 0. The monoisotopic (exact) mass is 641 g/mol. The third-order valence-electron chi connectivity index (χ3n) is 8.40. The molecule has 0 radical (unpaired) electrons. The summed E-state index contributed by atoms with van der Waals surface area (Å²) in [6.07, 6.45) is 0. The third kappa shape index (κ3) is 4.42. The standard InChI is InChI=1S/C45H27N3O/c1-2-13-29(14-3-1)43-46-44(48-45(47-43)39-23-11-25-41-42(39)38-16-6-7-24-40(38)49-41)37-22-10-20-33-32(18-9-21-35(33)37)34-19-8-17-31-30-15-5-4-12-28(30)26-27-36(31)34/h1-27H/i4D,5D,6D,7D,8D,11D,12D,15D,16D,17D,19D,23D,24D,25D,26D,27D. The lowest BCUT2D eigenvalue weighted by Gasteiger charge is -2.14. The van der Waals surface area contributed by atoms with Crippen LogP contribution in [0.5, 0.6) is 0 Å². The Morgan fingerprint density at radius 3 is 1.92 bits per heavy atom. The van der Waals surface area contributed by atoms with Gasteiger partial charge in [-0.15, -0.1) is 0 Å². The van der Waals surface area contributed by atoms with E-state index in [1.54, 1.807) is 66.7 Å². The highest BCUT2D eigenvalue weighted by molar-refractivity contribution is 6.15. The van der Waals surface area contributed by atoms with Crippen molar-refractivity contribution in [3.05, 3.63) is 163 Å². The molecule has 2 heterocycles. The van der Waals surface area contributed by atoms with E-state index in [1.807, 2.05) is 0 Å². The van der Waals surface area contributed by atoms with E-state index in [2.05, 4.69) is 0 Å². The van der Waals surface area contributed by atoms with Crippen LogP contribution in [0, 0.1) is 0 Å². The van der Waals surface area contributed by atoms with Crippen molar-refractivity contribution in [1.29, 1.82) is 0 Å². The highest BCUT2D eigenvalue weighted by atomic mass is 16.3. The molecule has 228 valence electrons. The average Bonchev–Trinajstić information content (AvgIpc) is 3.71. The van der Waals surface area contributed by atoms with Gasteiger partial charge in [0.1, 0.15) is 11.2 Å². The first-order valence-corrected chi connectivity index (χ1v) is 15.1. The van der Waals surface area contributed by atoms with E-state index in [4.69, 9.17) is 37.2 Å². The second-order valence-electron chi connectivity index (χ2n) is 11.1. The molecule has 10 aromatic rings. The van der Waals surface area contributed by atoms with Crippen LogP contribution >= 0.6 is 0 Å². The van der Waals surface area contributed by atoms with E-state index in [9.17, 15) is 4.11 Å². The van der Waals surface area contributed by atoms with Gasteiger partial charge in [-0.25, -0.2) is 15.0 Å². The van der Waals surface area contributed by atoms with Gasteiger partial charge in [0.15, 0.2) is 17.5 Å². The van der Waals surface area contributed by atoms with Gasteiger partial charge in [0, 0.05) is 27.5 Å². The summed E-state index contributed by atoms with van der Waals surface area (Å²) in [4.78, 5) is 14.5. The van der Waals surface area contributed by atoms with Crippen molar-refractivity contribution in [2.75, 3.05) is 0 Å². The van der Waals surface area contributed by atoms with Crippen molar-refractivity contribution in [2.45, 2.75) is 0 Å². The second-order valence-corrected chi connectivity index (χ2v) is 11.1. The van der Waals surface area contributed by atoms with Crippen LogP contribution in [0.1, 0.15) is 21.9 Å². The maximum Gasteiger partial charge on any atom is 0.164 e. The van der Waals surface area contributed by atoms with Gasteiger partial charge >= 0.3 is 0 Å². The molecule has 0 aliphatic carbocycles. The van der Waals surface area contributed by atoms with Gasteiger partial charge in [0.2, 0.25) is 0 Å². The van der Waals surface area contributed by atoms with Crippen LogP contribution in [0.4, 0.5) is 0 Å². The van der Waals surface area contributed by atoms with Gasteiger partial charge in [-0.2, -0.15) is 0 Å². The fraction of sp³-hybridized carbons (Fsp3) is 0. The molecule has 0 aliphatic heterocycles. The zero-order valence-corrected chi connectivity index (χ0v) is 25.1. The molecule has 0 fully saturated rings. The maximum absolute atomic E-state index is 9.22. The lowest BCUT2D eigenvalue weighted by atomic mass is 9.91. The molecule has 0 saturated heterocycles. The molecule has 0 saturated carbocycles. The fourth-order valence-electron chi connectivity index (χ4n) is 6.21. The molecule has 0 atom stereocenters. The first-order valence-electron chi connectivity index (χ1n) is 23.1. The molecule has 0 aliphatic rings. The highest BCUT2D eigenvalue weighted by Crippen LogP contribution is 2.40. The molecule has 49 heavy (non-hydrogen) atoms. The number of nitrogens with zero attached hydrogens (tertiary/aromatic N) is 3. The minimum absolute atomic E-state index is 0.0195. The van der Waals surface area contributed by atoms with Crippen molar-refractivity contribution >= 4 is 54.3 Å². The first kappa shape index (κ1) is 16.0. The predicted molar refractivity (Wildman–Crippen MR) is 201 cm³/mol. The van der Waals surface area contributed by atoms with Crippen molar-refractivity contribution in [3.8, 4) is 45.3 Å². The summed E-state index contributed by atoms with van der Waals surface area (Å²) in [5, 5.41) is -0.0646. The largest absolute Gasteiger partial charge is 0.456 e. The minimum Gasteiger partial charge on any atom is -0.456 e. The van der Waals surface area contributed by atoms with Crippen molar-refractivity contribution in [3.63, 3.8) is 0 Å². The van der Waals surface area contributed by atoms with E-state index >= 15 is 0 Å². The number of fused-ring (bicyclic) bond motifs is 7. The van der Waals surface area contributed by atoms with Gasteiger partial charge in [-0.1, -0.05) is 151 Å². The van der Waals surface area contributed by atoms with E-state index < -0.39 is 96.7 Å². The SMILES string of the molecule is [2H]c1c([2H])c([2H])c2c(oc3c([2H])c([2H])c([2H])c(-c4nc(-c5ccccc5)nc(-c5cccc6c(-c7c([2H])c([2H])c([2H])c8c7c([2H])c([2H])c7c([2H])c([2H])c([2H])c([2H])c78)cccc56)n4)c32)c1[2H]. The number of hydrogen-bond acceptors (Lipinski definition) is 4. The van der Waals surface area contributed by atoms with Crippen LogP contribution in [0.3, 0.4) is 0 Å². The summed E-state index contributed by atoms with van der Waals surface area (Å²) >= 11 is 0. The van der Waals surface area contributed by atoms with Crippen molar-refractivity contribution in [2.24, 2.45) is 0 Å². The Balaban J connectivity index is 1.30. The number of para-hydroxylation sites is 1. The van der Waals surface area contributed by atoms with Gasteiger partial charge in [0.05, 0.1) is 21.9 Å². The molecule has 0 spiro atoms. The number of furan rings is 1. The van der Waals surface area contributed by atoms with Crippen LogP contribution in [-0.2, 0) is 0 Å². The quantitative estimate of drug-likeness (QED) is 0.179. The third-order valence-corrected chi connectivity index (χ3v) is 8.40. The first-order chi connectivity index (χ1) is 31.0. The second kappa shape index (κ2) is 11.0. The summed E-state index contributed by atoms with van der Waals surface area (Å²) < 4.78 is 146. The predicted octanol–water partition coefficient (Wildman–Crippen LogP) is 11.9. The highest BCUT2D eigenvalue weighted by Gasteiger charge is 2.19. The normalized spacial score (nSPS) is 16.2. The molecule has 4 heteroatoms. The van der Waals surface area contributed by atoms with E-state index in [0.717, 1.165) is 0 Å². The zero-order valence-electron chi connectivity index (χ0n) is 41.1. The smallest absolute Gasteiger partial charge is 0.164 e. The molecule has 2 aromatic heterocycles. The van der Waals surface area contributed by atoms with Crippen molar-refractivity contribution in [1.82, 2.24) is 15.0 Å². The van der Waals surface area contributed by atoms with Gasteiger partial charge in [-0.3, -0.25) is 0 Å². The van der Waals surface area contributed by atoms with Crippen LogP contribution in [0.2, 0.25) is 0 Å². The minimum atomic E-state index is -0.622. The number of rotatable bonds is 4. The molecule has 8 aromatic carbocycles. The summed E-state index contributed by atoms with van der Waals surface area (Å²) in [5.74, 6) is -0.0242. The summed E-state index contributed by atoms with van der Waals surface area (Å²) in [7, 11) is 0. The molecule has 0 N–H and O–H groups in total. The lowest BCUT2D eigenvalue weighted by Crippen LogP contribution is -2.01. The number of aromatic nitrogens is 3. The Kier molecular flexibility index (Phi) is 3.57. The van der Waals surface area contributed by atoms with E-state index in [1.165, 1.54) is 0 Å². The lowest BCUT2D eigenvalue weighted by molar-refractivity contribution is 0.669. The molecular formula is C45H27N3O. The summed E-state index contributed by atoms with van der Waals surface area (Å²) in [5.41, 5.74) is 0.482. The summed E-state index contributed by atoms with van der Waals surface area (Å²) in [6, 6.07) is 10.2. The Morgan fingerprint density at radius 2 is 1.04 bits per heavy atom. The van der Waals surface area contributed by atoms with Gasteiger partial charge in [0.25, 0.3) is 0 Å². The molecular weight excluding hydrogens is 599 g/mol. The maximum atomic E-state index is 9.22. The molecule has 0 bridgehead atoms. The van der Waals surface area contributed by atoms with E-state index in [-0.39, 0.29) is 77.6 Å². The summed E-state index contributed by atoms with van der Waals surface area (Å²) in [6.45, 7) is 0. The molecule has 4 nitrogen and oxygen atoms in total. The molecule has 0 unspecified atom stereocenters. The van der Waals surface area contributed by atoms with E-state index in [0.29, 0.717) is 21.9 Å². The molecule has 0 amide bonds. The number of benzene rings is 8. The van der Waals surface area contributed by atoms with Gasteiger partial charge < -0.3 is 4.42 Å². The van der Waals surface area contributed by atoms with Crippen LogP contribution in [0.15, 0.2) is 168 Å². The van der Waals surface area contributed by atoms with Crippen molar-refractivity contribution < 1.29 is 26.3 Å². The van der Waals surface area contributed by atoms with Crippen LogP contribution < -0.4 is 0 Å². The Bertz CT molecular complexity index is 3800. The Morgan fingerprint density at radius 1 is 0.388 bits per heavy atom. The Hall–Kier alpha value is -6.65. The fourth-order valence-corrected chi connectivity index (χ4v) is 6.21. The van der Waals surface area contributed by atoms with Crippen LogP contribution in [-0.4, -0.2) is 15.0 Å². The zero-order chi connectivity index (χ0) is 46.2. The van der Waals surface area contributed by atoms with Gasteiger partial charge in [-0.05, 0) is 55.5 Å². The average molecular weight is 642 g/mol. The van der Waals surface area contributed by atoms with Crippen LogP contribution in [0.25, 0.3) is 99.5 Å². The Labute approximate surface area is 304 Å². The topological polar surface area (TPSA) is 51.8 Å². The molecule has 10 rings (SSSR count).